The van der Waals surface area contributed by atoms with Crippen molar-refractivity contribution in [1.29, 1.82) is 0 Å². The van der Waals surface area contributed by atoms with Crippen molar-refractivity contribution < 1.29 is 33.0 Å². The Morgan fingerprint density at radius 3 is 1.52 bits per heavy atom. The van der Waals surface area contributed by atoms with Gasteiger partial charge in [0, 0.05) is 58.0 Å². The van der Waals surface area contributed by atoms with E-state index in [9.17, 15) is 19.2 Å². The summed E-state index contributed by atoms with van der Waals surface area (Å²) in [5.41, 5.74) is 0.869. The van der Waals surface area contributed by atoms with Crippen molar-refractivity contribution in [3.8, 4) is 0 Å². The lowest BCUT2D eigenvalue weighted by Gasteiger charge is -2.27. The summed E-state index contributed by atoms with van der Waals surface area (Å²) >= 11 is 6.68. The van der Waals surface area contributed by atoms with Crippen LogP contribution in [0.5, 0.6) is 0 Å². The summed E-state index contributed by atoms with van der Waals surface area (Å²) in [7, 11) is 3.34. The van der Waals surface area contributed by atoms with E-state index in [0.717, 1.165) is 0 Å². The SMILES string of the molecule is CN(C)C(=O)c1cc(Br)c2oc(N3CCOCC3)cc(=O)c2c1.O=C(O)c1cc(Br)c2oc(N3CCOCC3)cc(=O)c2c1. The van der Waals surface area contributed by atoms with Gasteiger partial charge in [-0.1, -0.05) is 0 Å². The van der Waals surface area contributed by atoms with Crippen molar-refractivity contribution in [2.45, 2.75) is 0 Å². The number of nitrogens with zero attached hydrogens (tertiary/aromatic N) is 3. The van der Waals surface area contributed by atoms with Gasteiger partial charge in [0.15, 0.2) is 33.8 Å². The maximum atomic E-state index is 12.5. The highest BCUT2D eigenvalue weighted by Crippen LogP contribution is 2.29. The van der Waals surface area contributed by atoms with Gasteiger partial charge in [-0.05, 0) is 56.1 Å². The smallest absolute Gasteiger partial charge is 0.335 e. The molecule has 0 aliphatic carbocycles. The van der Waals surface area contributed by atoms with Gasteiger partial charge in [0.05, 0.1) is 51.7 Å². The minimum Gasteiger partial charge on any atom is -0.478 e. The van der Waals surface area contributed by atoms with Gasteiger partial charge in [0.1, 0.15) is 0 Å². The van der Waals surface area contributed by atoms with Crippen LogP contribution in [0.4, 0.5) is 11.8 Å². The Labute approximate surface area is 268 Å². The molecule has 1 N–H and O–H groups in total. The maximum absolute atomic E-state index is 12.5. The maximum Gasteiger partial charge on any atom is 0.335 e. The largest absolute Gasteiger partial charge is 0.478 e. The van der Waals surface area contributed by atoms with E-state index in [0.29, 0.717) is 95.4 Å². The number of carbonyl (C=O) groups is 2. The molecule has 4 aromatic rings. The molecule has 232 valence electrons. The van der Waals surface area contributed by atoms with E-state index in [1.54, 1.807) is 26.2 Å². The van der Waals surface area contributed by atoms with Gasteiger partial charge in [-0.3, -0.25) is 14.4 Å². The monoisotopic (exact) mass is 733 g/mol. The third-order valence-corrected chi connectivity index (χ3v) is 8.26. The number of benzene rings is 2. The number of carboxylic acids is 1. The molecule has 2 fully saturated rings. The summed E-state index contributed by atoms with van der Waals surface area (Å²) < 4.78 is 23.3. The van der Waals surface area contributed by atoms with Gasteiger partial charge < -0.3 is 38.1 Å². The van der Waals surface area contributed by atoms with Gasteiger partial charge in [-0.2, -0.15) is 0 Å². The minimum atomic E-state index is -1.09. The standard InChI is InChI=1S/C16H17BrN2O4.C14H12BrNO5/c1-18(2)16(21)10-7-11-13(20)9-14(19-3-5-22-6-4-19)23-15(11)12(17)8-10;15-10-6-8(14(18)19)5-9-11(17)7-12(21-13(9)10)16-1-3-20-4-2-16/h7-9H,3-6H2,1-2H3;5-7H,1-4H2,(H,18,19). The Balaban J connectivity index is 0.000000175. The number of hydrogen-bond acceptors (Lipinski definition) is 10. The summed E-state index contributed by atoms with van der Waals surface area (Å²) in [6.07, 6.45) is 0. The lowest BCUT2D eigenvalue weighted by Crippen LogP contribution is -2.36. The van der Waals surface area contributed by atoms with Crippen LogP contribution >= 0.6 is 31.9 Å². The first-order valence-electron chi connectivity index (χ1n) is 13.7. The van der Waals surface area contributed by atoms with E-state index in [4.69, 9.17) is 23.4 Å². The molecule has 0 spiro atoms. The first kappa shape index (κ1) is 31.7. The number of amides is 1. The number of carboxylic acid groups (broad SMARTS) is 1. The van der Waals surface area contributed by atoms with Crippen molar-refractivity contribution in [2.75, 3.05) is 76.5 Å². The fourth-order valence-corrected chi connectivity index (χ4v) is 5.87. The van der Waals surface area contributed by atoms with Crippen LogP contribution in [-0.2, 0) is 9.47 Å². The first-order valence-corrected chi connectivity index (χ1v) is 15.3. The average molecular weight is 735 g/mol. The zero-order chi connectivity index (χ0) is 31.5. The second-order valence-corrected chi connectivity index (χ2v) is 12.0. The molecule has 0 bridgehead atoms. The molecular formula is C30H29Br2N3O9. The Morgan fingerprint density at radius 2 is 1.11 bits per heavy atom. The molecule has 0 unspecified atom stereocenters. The predicted octanol–water partition coefficient (Wildman–Crippen LogP) is 4.18. The number of ether oxygens (including phenoxy) is 2. The van der Waals surface area contributed by atoms with Crippen molar-refractivity contribution in [1.82, 2.24) is 4.90 Å². The van der Waals surface area contributed by atoms with Crippen molar-refractivity contribution in [3.05, 3.63) is 76.9 Å². The number of halogens is 2. The fraction of sp³-hybridized carbons (Fsp3) is 0.333. The summed E-state index contributed by atoms with van der Waals surface area (Å²) in [5.74, 6) is -0.253. The molecule has 2 aromatic heterocycles. The third-order valence-electron chi connectivity index (χ3n) is 7.09. The van der Waals surface area contributed by atoms with Crippen LogP contribution in [0.3, 0.4) is 0 Å². The lowest BCUT2D eigenvalue weighted by atomic mass is 10.1. The van der Waals surface area contributed by atoms with Crippen molar-refractivity contribution in [2.24, 2.45) is 0 Å². The van der Waals surface area contributed by atoms with Crippen molar-refractivity contribution in [3.63, 3.8) is 0 Å². The third kappa shape index (κ3) is 6.83. The summed E-state index contributed by atoms with van der Waals surface area (Å²) in [5, 5.41) is 9.68. The summed E-state index contributed by atoms with van der Waals surface area (Å²) in [4.78, 5) is 53.3. The highest BCUT2D eigenvalue weighted by Gasteiger charge is 2.20. The van der Waals surface area contributed by atoms with E-state index in [2.05, 4.69) is 31.9 Å². The number of aromatic carboxylic acids is 1. The molecule has 2 aliphatic heterocycles. The van der Waals surface area contributed by atoms with E-state index in [1.165, 1.54) is 29.2 Å². The number of anilines is 2. The molecule has 0 saturated carbocycles. The topological polar surface area (TPSA) is 143 Å². The first-order chi connectivity index (χ1) is 21.0. The zero-order valence-corrected chi connectivity index (χ0v) is 27.1. The summed E-state index contributed by atoms with van der Waals surface area (Å²) in [6.45, 7) is 5.06. The van der Waals surface area contributed by atoms with Crippen LogP contribution in [0.2, 0.25) is 0 Å². The molecule has 14 heteroatoms. The van der Waals surface area contributed by atoms with Crippen LogP contribution in [0.25, 0.3) is 21.9 Å². The number of hydrogen-bond donors (Lipinski definition) is 1. The van der Waals surface area contributed by atoms with Gasteiger partial charge in [0.2, 0.25) is 0 Å². The van der Waals surface area contributed by atoms with E-state index >= 15 is 0 Å². The Hall–Kier alpha value is -3.72. The Kier molecular flexibility index (Phi) is 9.73. The molecule has 2 aromatic carbocycles. The normalized spacial score (nSPS) is 15.2. The summed E-state index contributed by atoms with van der Waals surface area (Å²) in [6, 6.07) is 8.89. The minimum absolute atomic E-state index is 0.0424. The molecular weight excluding hydrogens is 706 g/mol. The van der Waals surface area contributed by atoms with Crippen LogP contribution in [0, 0.1) is 0 Å². The highest BCUT2D eigenvalue weighted by molar-refractivity contribution is 9.11. The van der Waals surface area contributed by atoms with Gasteiger partial charge in [-0.25, -0.2) is 4.79 Å². The zero-order valence-electron chi connectivity index (χ0n) is 23.9. The fourth-order valence-electron chi connectivity index (χ4n) is 4.79. The molecule has 0 radical (unpaired) electrons. The molecule has 44 heavy (non-hydrogen) atoms. The number of morpholine rings is 2. The molecule has 1 amide bonds. The number of carbonyl (C=O) groups excluding carboxylic acids is 1. The molecule has 2 saturated heterocycles. The average Bonchev–Trinajstić information content (AvgIpc) is 3.02. The van der Waals surface area contributed by atoms with E-state index < -0.39 is 5.97 Å². The second kappa shape index (κ2) is 13.5. The molecule has 6 rings (SSSR count). The predicted molar refractivity (Wildman–Crippen MR) is 171 cm³/mol. The quantitative estimate of drug-likeness (QED) is 0.323. The van der Waals surface area contributed by atoms with E-state index in [1.807, 2.05) is 9.80 Å². The molecule has 12 nitrogen and oxygen atoms in total. The van der Waals surface area contributed by atoms with E-state index in [-0.39, 0.29) is 27.7 Å². The van der Waals surface area contributed by atoms with Gasteiger partial charge >= 0.3 is 5.97 Å². The van der Waals surface area contributed by atoms with Crippen LogP contribution < -0.4 is 20.7 Å². The Morgan fingerprint density at radius 1 is 0.705 bits per heavy atom. The van der Waals surface area contributed by atoms with Crippen LogP contribution in [0.15, 0.2) is 63.8 Å². The lowest BCUT2D eigenvalue weighted by molar-refractivity contribution is 0.0696. The van der Waals surface area contributed by atoms with Gasteiger partial charge in [-0.15, -0.1) is 0 Å². The molecule has 0 atom stereocenters. The molecule has 4 heterocycles. The second-order valence-electron chi connectivity index (χ2n) is 10.3. The van der Waals surface area contributed by atoms with Crippen LogP contribution in [-0.4, -0.2) is 88.6 Å². The van der Waals surface area contributed by atoms with Crippen LogP contribution in [0.1, 0.15) is 20.7 Å². The highest BCUT2D eigenvalue weighted by atomic mass is 79.9. The number of fused-ring (bicyclic) bond motifs is 2. The van der Waals surface area contributed by atoms with Crippen molar-refractivity contribution >= 4 is 77.4 Å². The van der Waals surface area contributed by atoms with Gasteiger partial charge in [0.25, 0.3) is 5.91 Å². The molecule has 2 aliphatic rings. The number of rotatable bonds is 4. The Bertz CT molecular complexity index is 1840.